The molecule has 0 aromatic rings. The van der Waals surface area contributed by atoms with Gasteiger partial charge < -0.3 is 10.6 Å². The lowest BCUT2D eigenvalue weighted by Crippen LogP contribution is -2.38. The third-order valence-electron chi connectivity index (χ3n) is 4.28. The van der Waals surface area contributed by atoms with Crippen LogP contribution in [-0.4, -0.2) is 31.1 Å². The summed E-state index contributed by atoms with van der Waals surface area (Å²) in [5.74, 6) is 1.75. The van der Waals surface area contributed by atoms with Gasteiger partial charge in [-0.25, -0.2) is 0 Å². The van der Waals surface area contributed by atoms with Crippen LogP contribution in [0.4, 0.5) is 0 Å². The van der Waals surface area contributed by atoms with Crippen LogP contribution in [0.3, 0.4) is 0 Å². The van der Waals surface area contributed by atoms with Gasteiger partial charge in [-0.3, -0.25) is 0 Å². The van der Waals surface area contributed by atoms with Crippen LogP contribution in [0, 0.1) is 11.8 Å². The summed E-state index contributed by atoms with van der Waals surface area (Å²) in [7, 11) is 2.30. The number of nitrogens with two attached hydrogens (primary N) is 1. The lowest BCUT2D eigenvalue weighted by Gasteiger charge is -2.35. The van der Waals surface area contributed by atoms with Crippen molar-refractivity contribution in [2.45, 2.75) is 58.4 Å². The number of hydrogen-bond acceptors (Lipinski definition) is 2. The third kappa shape index (κ3) is 4.42. The second-order valence-electron chi connectivity index (χ2n) is 5.70. The normalized spacial score (nSPS) is 28.3. The fourth-order valence-electron chi connectivity index (χ4n) is 3.01. The molecule has 2 heteroatoms. The van der Waals surface area contributed by atoms with Gasteiger partial charge in [0.15, 0.2) is 0 Å². The van der Waals surface area contributed by atoms with E-state index in [1.165, 1.54) is 38.6 Å². The second kappa shape index (κ2) is 7.29. The fourth-order valence-corrected chi connectivity index (χ4v) is 3.01. The first-order valence-corrected chi connectivity index (χ1v) is 7.07. The Bertz CT molecular complexity index is 174. The zero-order chi connectivity index (χ0) is 12.0. The van der Waals surface area contributed by atoms with Crippen LogP contribution in [0.1, 0.15) is 52.4 Å². The zero-order valence-corrected chi connectivity index (χ0v) is 11.4. The van der Waals surface area contributed by atoms with E-state index in [2.05, 4.69) is 25.8 Å². The average Bonchev–Trinajstić information content (AvgIpc) is 2.29. The molecule has 2 N–H and O–H groups in total. The van der Waals surface area contributed by atoms with Gasteiger partial charge in [0.05, 0.1) is 0 Å². The van der Waals surface area contributed by atoms with Crippen molar-refractivity contribution < 1.29 is 0 Å². The van der Waals surface area contributed by atoms with Gasteiger partial charge in [0, 0.05) is 12.6 Å². The Morgan fingerprint density at radius 1 is 1.25 bits per heavy atom. The molecular formula is C14H30N2. The molecule has 1 saturated carbocycles. The highest BCUT2D eigenvalue weighted by Crippen LogP contribution is 2.29. The molecule has 2 nitrogen and oxygen atoms in total. The molecule has 0 radical (unpaired) electrons. The highest BCUT2D eigenvalue weighted by Gasteiger charge is 2.23. The summed E-state index contributed by atoms with van der Waals surface area (Å²) in [4.78, 5) is 2.58. The van der Waals surface area contributed by atoms with Crippen molar-refractivity contribution in [1.29, 1.82) is 0 Å². The second-order valence-corrected chi connectivity index (χ2v) is 5.70. The molecule has 0 bridgehead atoms. The summed E-state index contributed by atoms with van der Waals surface area (Å²) in [5.41, 5.74) is 5.60. The van der Waals surface area contributed by atoms with E-state index in [0.29, 0.717) is 0 Å². The first kappa shape index (κ1) is 14.0. The van der Waals surface area contributed by atoms with Crippen LogP contribution in [0.25, 0.3) is 0 Å². The molecule has 0 spiro atoms. The van der Waals surface area contributed by atoms with Crippen LogP contribution in [0.5, 0.6) is 0 Å². The van der Waals surface area contributed by atoms with Crippen molar-refractivity contribution in [2.24, 2.45) is 17.6 Å². The summed E-state index contributed by atoms with van der Waals surface area (Å²) >= 11 is 0. The van der Waals surface area contributed by atoms with Gasteiger partial charge in [-0.1, -0.05) is 20.3 Å². The Labute approximate surface area is 102 Å². The van der Waals surface area contributed by atoms with Crippen LogP contribution >= 0.6 is 0 Å². The van der Waals surface area contributed by atoms with Crippen molar-refractivity contribution in [3.8, 4) is 0 Å². The van der Waals surface area contributed by atoms with Crippen molar-refractivity contribution in [3.63, 3.8) is 0 Å². The summed E-state index contributed by atoms with van der Waals surface area (Å²) in [6, 6.07) is 0.836. The lowest BCUT2D eigenvalue weighted by molar-refractivity contribution is 0.146. The standard InChI is InChI=1S/C14H30N2/c1-4-13-5-7-14(8-6-13)16(3)11-12(2)9-10-15/h12-14H,4-11,15H2,1-3H3. The van der Waals surface area contributed by atoms with E-state index in [-0.39, 0.29) is 0 Å². The Morgan fingerprint density at radius 3 is 2.38 bits per heavy atom. The van der Waals surface area contributed by atoms with Crippen LogP contribution in [0.2, 0.25) is 0 Å². The zero-order valence-electron chi connectivity index (χ0n) is 11.4. The first-order chi connectivity index (χ1) is 7.67. The summed E-state index contributed by atoms with van der Waals surface area (Å²) in [6.07, 6.45) is 8.23. The van der Waals surface area contributed by atoms with Crippen molar-refractivity contribution in [2.75, 3.05) is 20.1 Å². The van der Waals surface area contributed by atoms with Gasteiger partial charge in [-0.15, -0.1) is 0 Å². The van der Waals surface area contributed by atoms with Gasteiger partial charge >= 0.3 is 0 Å². The van der Waals surface area contributed by atoms with Gasteiger partial charge in [-0.2, -0.15) is 0 Å². The van der Waals surface area contributed by atoms with Crippen LogP contribution < -0.4 is 5.73 Å². The fraction of sp³-hybridized carbons (Fsp3) is 1.00. The Balaban J connectivity index is 2.24. The van der Waals surface area contributed by atoms with Crippen molar-refractivity contribution in [1.82, 2.24) is 4.90 Å². The predicted molar refractivity (Wildman–Crippen MR) is 71.5 cm³/mol. The maximum absolute atomic E-state index is 5.60. The van der Waals surface area contributed by atoms with E-state index in [0.717, 1.165) is 30.8 Å². The summed E-state index contributed by atoms with van der Waals surface area (Å²) in [6.45, 7) is 6.70. The highest BCUT2D eigenvalue weighted by molar-refractivity contribution is 4.78. The number of hydrogen-bond donors (Lipinski definition) is 1. The molecule has 1 aliphatic rings. The van der Waals surface area contributed by atoms with E-state index in [4.69, 9.17) is 5.73 Å². The maximum atomic E-state index is 5.60. The highest BCUT2D eigenvalue weighted by atomic mass is 15.1. The van der Waals surface area contributed by atoms with Gasteiger partial charge in [0.1, 0.15) is 0 Å². The van der Waals surface area contributed by atoms with Crippen LogP contribution in [0.15, 0.2) is 0 Å². The molecule has 0 aliphatic heterocycles. The molecule has 1 unspecified atom stereocenters. The minimum absolute atomic E-state index is 0.749. The van der Waals surface area contributed by atoms with Crippen LogP contribution in [-0.2, 0) is 0 Å². The molecule has 1 aliphatic carbocycles. The summed E-state index contributed by atoms with van der Waals surface area (Å²) in [5, 5.41) is 0. The Hall–Kier alpha value is -0.0800. The largest absolute Gasteiger partial charge is 0.330 e. The number of rotatable bonds is 6. The lowest BCUT2D eigenvalue weighted by atomic mass is 9.84. The average molecular weight is 226 g/mol. The molecule has 16 heavy (non-hydrogen) atoms. The quantitative estimate of drug-likeness (QED) is 0.754. The van der Waals surface area contributed by atoms with E-state index >= 15 is 0 Å². The smallest absolute Gasteiger partial charge is 0.00925 e. The molecule has 0 aromatic heterocycles. The SMILES string of the molecule is CCC1CCC(N(C)CC(C)CCN)CC1. The van der Waals surface area contributed by atoms with Crippen molar-refractivity contribution >= 4 is 0 Å². The van der Waals surface area contributed by atoms with E-state index in [1.807, 2.05) is 0 Å². The molecule has 0 aromatic carbocycles. The van der Waals surface area contributed by atoms with Gasteiger partial charge in [0.25, 0.3) is 0 Å². The van der Waals surface area contributed by atoms with Crippen molar-refractivity contribution in [3.05, 3.63) is 0 Å². The molecule has 96 valence electrons. The Kier molecular flexibility index (Phi) is 6.37. The van der Waals surface area contributed by atoms with E-state index < -0.39 is 0 Å². The van der Waals surface area contributed by atoms with E-state index in [9.17, 15) is 0 Å². The molecule has 1 rings (SSSR count). The Morgan fingerprint density at radius 2 is 1.88 bits per heavy atom. The molecular weight excluding hydrogens is 196 g/mol. The third-order valence-corrected chi connectivity index (χ3v) is 4.28. The molecule has 0 saturated heterocycles. The first-order valence-electron chi connectivity index (χ1n) is 7.07. The molecule has 1 atom stereocenters. The monoisotopic (exact) mass is 226 g/mol. The minimum atomic E-state index is 0.749. The topological polar surface area (TPSA) is 29.3 Å². The van der Waals surface area contributed by atoms with Gasteiger partial charge in [-0.05, 0) is 57.5 Å². The van der Waals surface area contributed by atoms with Gasteiger partial charge in [0.2, 0.25) is 0 Å². The predicted octanol–water partition coefficient (Wildman–Crippen LogP) is 2.87. The maximum Gasteiger partial charge on any atom is 0.00925 e. The summed E-state index contributed by atoms with van der Waals surface area (Å²) < 4.78 is 0. The molecule has 0 amide bonds. The molecule has 0 heterocycles. The minimum Gasteiger partial charge on any atom is -0.330 e. The van der Waals surface area contributed by atoms with E-state index in [1.54, 1.807) is 0 Å². The number of nitrogens with zero attached hydrogens (tertiary/aromatic N) is 1. The molecule has 1 fully saturated rings.